The quantitative estimate of drug-likeness (QED) is 0.313. The number of hydrogen-bond donors (Lipinski definition) is 2. The maximum atomic E-state index is 12.6. The lowest BCUT2D eigenvalue weighted by molar-refractivity contribution is 0.0951. The highest BCUT2D eigenvalue weighted by atomic mass is 32.2. The summed E-state index contributed by atoms with van der Waals surface area (Å²) in [5.41, 5.74) is 1.23. The minimum Gasteiger partial charge on any atom is -0.497 e. The molecule has 0 bridgehead atoms. The van der Waals surface area contributed by atoms with Crippen LogP contribution >= 0.6 is 11.8 Å². The predicted octanol–water partition coefficient (Wildman–Crippen LogP) is 3.60. The molecule has 0 atom stereocenters. The Bertz CT molecular complexity index is 1030. The molecule has 9 nitrogen and oxygen atoms in total. The summed E-state index contributed by atoms with van der Waals surface area (Å²) < 4.78 is 12.3. The molecule has 2 aromatic heterocycles. The van der Waals surface area contributed by atoms with E-state index in [2.05, 4.69) is 34.6 Å². The molecule has 0 aliphatic heterocycles. The number of thioether (sulfide) groups is 1. The van der Waals surface area contributed by atoms with E-state index >= 15 is 0 Å². The summed E-state index contributed by atoms with van der Waals surface area (Å²) in [4.78, 5) is 22.0. The van der Waals surface area contributed by atoms with Crippen molar-refractivity contribution in [1.29, 1.82) is 0 Å². The van der Waals surface area contributed by atoms with Gasteiger partial charge in [0.25, 0.3) is 5.91 Å². The van der Waals surface area contributed by atoms with Crippen molar-refractivity contribution in [2.45, 2.75) is 38.4 Å². The first-order chi connectivity index (χ1) is 15.6. The average molecular weight is 459 g/mol. The van der Waals surface area contributed by atoms with Crippen molar-refractivity contribution in [1.82, 2.24) is 25.1 Å². The Morgan fingerprint density at radius 1 is 1.06 bits per heavy atom. The standard InChI is InChI=1S/C22H30N6O3S/c1-5-7-23-19-18-14-25-28(20(18)27-22(26-19)32-10-6-2)9-8-24-21(29)15-11-16(30-3)13-17(12-15)31-4/h11-14H,5-10H2,1-4H3,(H,24,29)(H,23,26,27). The molecule has 0 saturated carbocycles. The van der Waals surface area contributed by atoms with Crippen LogP contribution in [0.15, 0.2) is 29.6 Å². The van der Waals surface area contributed by atoms with Crippen LogP contribution in [0, 0.1) is 0 Å². The highest BCUT2D eigenvalue weighted by molar-refractivity contribution is 7.99. The number of carbonyl (C=O) groups is 1. The van der Waals surface area contributed by atoms with Gasteiger partial charge in [-0.1, -0.05) is 25.6 Å². The van der Waals surface area contributed by atoms with E-state index in [4.69, 9.17) is 14.5 Å². The molecule has 0 aliphatic rings. The van der Waals surface area contributed by atoms with Gasteiger partial charge in [-0.3, -0.25) is 4.79 Å². The van der Waals surface area contributed by atoms with Crippen LogP contribution in [-0.4, -0.2) is 58.7 Å². The van der Waals surface area contributed by atoms with Gasteiger partial charge in [0.1, 0.15) is 17.3 Å². The Morgan fingerprint density at radius 2 is 1.81 bits per heavy atom. The van der Waals surface area contributed by atoms with Gasteiger partial charge in [0, 0.05) is 30.5 Å². The minimum absolute atomic E-state index is 0.210. The molecule has 1 aromatic carbocycles. The molecule has 0 radical (unpaired) electrons. The molecule has 0 unspecified atom stereocenters. The first-order valence-corrected chi connectivity index (χ1v) is 11.7. The van der Waals surface area contributed by atoms with Gasteiger partial charge < -0.3 is 20.1 Å². The molecule has 0 fully saturated rings. The summed E-state index contributed by atoms with van der Waals surface area (Å²) in [7, 11) is 3.11. The smallest absolute Gasteiger partial charge is 0.251 e. The van der Waals surface area contributed by atoms with Crippen LogP contribution in [0.25, 0.3) is 11.0 Å². The number of aromatic nitrogens is 4. The molecule has 2 heterocycles. The van der Waals surface area contributed by atoms with E-state index in [1.165, 1.54) is 0 Å². The van der Waals surface area contributed by atoms with E-state index in [-0.39, 0.29) is 5.91 Å². The fourth-order valence-electron chi connectivity index (χ4n) is 3.05. The summed E-state index contributed by atoms with van der Waals surface area (Å²) in [6.45, 7) is 5.96. The van der Waals surface area contributed by atoms with Crippen molar-refractivity contribution in [2.75, 3.05) is 38.4 Å². The maximum Gasteiger partial charge on any atom is 0.251 e. The number of hydrogen-bond acceptors (Lipinski definition) is 8. The predicted molar refractivity (Wildman–Crippen MR) is 127 cm³/mol. The third kappa shape index (κ3) is 5.82. The van der Waals surface area contributed by atoms with E-state index in [0.717, 1.165) is 47.1 Å². The molecule has 0 aliphatic carbocycles. The lowest BCUT2D eigenvalue weighted by Gasteiger charge is -2.10. The number of ether oxygens (including phenoxy) is 2. The van der Waals surface area contributed by atoms with Crippen molar-refractivity contribution in [3.8, 4) is 11.5 Å². The second-order valence-corrected chi connectivity index (χ2v) is 8.15. The first kappa shape index (κ1) is 23.6. The number of anilines is 1. The number of carbonyl (C=O) groups excluding carboxylic acids is 1. The van der Waals surface area contributed by atoms with Crippen molar-refractivity contribution >= 4 is 34.5 Å². The van der Waals surface area contributed by atoms with E-state index in [9.17, 15) is 4.79 Å². The maximum absolute atomic E-state index is 12.6. The number of nitrogens with one attached hydrogen (secondary N) is 2. The van der Waals surface area contributed by atoms with Crippen LogP contribution in [0.2, 0.25) is 0 Å². The van der Waals surface area contributed by atoms with Crippen molar-refractivity contribution in [3.05, 3.63) is 30.0 Å². The number of amides is 1. The molecular weight excluding hydrogens is 428 g/mol. The third-order valence-corrected chi connectivity index (χ3v) is 5.73. The zero-order valence-electron chi connectivity index (χ0n) is 19.0. The molecule has 0 spiro atoms. The topological polar surface area (TPSA) is 103 Å². The largest absolute Gasteiger partial charge is 0.497 e. The highest BCUT2D eigenvalue weighted by Gasteiger charge is 2.14. The van der Waals surface area contributed by atoms with Gasteiger partial charge in [0.05, 0.1) is 32.3 Å². The van der Waals surface area contributed by atoms with E-state index < -0.39 is 0 Å². The Hall–Kier alpha value is -3.01. The van der Waals surface area contributed by atoms with Crippen LogP contribution in [-0.2, 0) is 6.54 Å². The van der Waals surface area contributed by atoms with Crippen LogP contribution < -0.4 is 20.1 Å². The van der Waals surface area contributed by atoms with Gasteiger partial charge in [-0.2, -0.15) is 5.10 Å². The number of methoxy groups -OCH3 is 2. The Labute approximate surface area is 192 Å². The van der Waals surface area contributed by atoms with Crippen LogP contribution in [0.4, 0.5) is 5.82 Å². The Kier molecular flexibility index (Phi) is 8.55. The summed E-state index contributed by atoms with van der Waals surface area (Å²) in [6, 6.07) is 5.08. The Morgan fingerprint density at radius 3 is 2.47 bits per heavy atom. The van der Waals surface area contributed by atoms with Gasteiger partial charge in [-0.15, -0.1) is 0 Å². The highest BCUT2D eigenvalue weighted by Crippen LogP contribution is 2.25. The number of nitrogens with zero attached hydrogens (tertiary/aromatic N) is 4. The summed E-state index contributed by atoms with van der Waals surface area (Å²) in [5.74, 6) is 2.67. The normalized spacial score (nSPS) is 10.9. The molecule has 172 valence electrons. The molecule has 32 heavy (non-hydrogen) atoms. The van der Waals surface area contributed by atoms with Crippen molar-refractivity contribution in [3.63, 3.8) is 0 Å². The number of benzene rings is 1. The second kappa shape index (κ2) is 11.6. The van der Waals surface area contributed by atoms with E-state index in [1.807, 2.05) is 0 Å². The molecular formula is C22H30N6O3S. The summed E-state index contributed by atoms with van der Waals surface area (Å²) in [5, 5.41) is 12.4. The Balaban J connectivity index is 1.74. The van der Waals surface area contributed by atoms with Gasteiger partial charge in [0.15, 0.2) is 10.8 Å². The van der Waals surface area contributed by atoms with Crippen LogP contribution in [0.1, 0.15) is 37.0 Å². The van der Waals surface area contributed by atoms with E-state index in [1.54, 1.807) is 55.1 Å². The number of rotatable bonds is 12. The molecule has 10 heteroatoms. The number of fused-ring (bicyclic) bond motifs is 1. The van der Waals surface area contributed by atoms with E-state index in [0.29, 0.717) is 30.2 Å². The lowest BCUT2D eigenvalue weighted by atomic mass is 10.2. The first-order valence-electron chi connectivity index (χ1n) is 10.7. The zero-order chi connectivity index (χ0) is 22.9. The van der Waals surface area contributed by atoms with Gasteiger partial charge in [-0.05, 0) is 25.0 Å². The SMILES string of the molecule is CCCNc1nc(SCCC)nc2c1cnn2CCNC(=O)c1cc(OC)cc(OC)c1. The monoisotopic (exact) mass is 458 g/mol. The minimum atomic E-state index is -0.210. The molecule has 3 rings (SSSR count). The molecule has 3 aromatic rings. The van der Waals surface area contributed by atoms with Gasteiger partial charge in [-0.25, -0.2) is 14.6 Å². The zero-order valence-corrected chi connectivity index (χ0v) is 19.8. The van der Waals surface area contributed by atoms with Crippen molar-refractivity contribution in [2.24, 2.45) is 0 Å². The lowest BCUT2D eigenvalue weighted by Crippen LogP contribution is -2.27. The van der Waals surface area contributed by atoms with Crippen molar-refractivity contribution < 1.29 is 14.3 Å². The third-order valence-electron chi connectivity index (χ3n) is 4.68. The molecule has 1 amide bonds. The summed E-state index contributed by atoms with van der Waals surface area (Å²) in [6.07, 6.45) is 3.82. The fraction of sp³-hybridized carbons (Fsp3) is 0.455. The van der Waals surface area contributed by atoms with Crippen LogP contribution in [0.5, 0.6) is 11.5 Å². The van der Waals surface area contributed by atoms with Gasteiger partial charge >= 0.3 is 0 Å². The summed E-state index contributed by atoms with van der Waals surface area (Å²) >= 11 is 1.63. The molecule has 0 saturated heterocycles. The average Bonchev–Trinajstić information content (AvgIpc) is 3.23. The van der Waals surface area contributed by atoms with Gasteiger partial charge in [0.2, 0.25) is 0 Å². The second-order valence-electron chi connectivity index (χ2n) is 7.09. The van der Waals surface area contributed by atoms with Crippen LogP contribution in [0.3, 0.4) is 0 Å². The fourth-order valence-corrected chi connectivity index (χ4v) is 3.74. The molecule has 2 N–H and O–H groups in total.